The van der Waals surface area contributed by atoms with E-state index in [1.807, 2.05) is 26.0 Å². The molecular weight excluding hydrogens is 398 g/mol. The van der Waals surface area contributed by atoms with Crippen LogP contribution in [-0.4, -0.2) is 54.1 Å². The van der Waals surface area contributed by atoms with E-state index in [9.17, 15) is 19.6 Å². The van der Waals surface area contributed by atoms with Crippen LogP contribution in [0.5, 0.6) is 0 Å². The standard InChI is InChI=1S/C23H31N3O5/c1-15(2)13-26-16(3)10-19(17(26)4)11-20(12-24)23(29)31-14-21(27)25-8-6-18(7-9-25)22(28)30-5/h10-11,15,18H,6-9,13-14H2,1-5H3/b20-11+. The van der Waals surface area contributed by atoms with Crippen molar-refractivity contribution in [2.75, 3.05) is 26.8 Å². The molecule has 1 amide bonds. The monoisotopic (exact) mass is 429 g/mol. The lowest BCUT2D eigenvalue weighted by molar-refractivity contribution is -0.152. The lowest BCUT2D eigenvalue weighted by atomic mass is 9.97. The summed E-state index contributed by atoms with van der Waals surface area (Å²) in [5.41, 5.74) is 2.65. The fourth-order valence-electron chi connectivity index (χ4n) is 3.74. The Bertz CT molecular complexity index is 899. The molecule has 0 aromatic carbocycles. The van der Waals surface area contributed by atoms with Gasteiger partial charge < -0.3 is 18.9 Å². The highest BCUT2D eigenvalue weighted by atomic mass is 16.5. The summed E-state index contributed by atoms with van der Waals surface area (Å²) in [5.74, 6) is -1.18. The van der Waals surface area contributed by atoms with Crippen molar-refractivity contribution >= 4 is 23.9 Å². The zero-order chi connectivity index (χ0) is 23.1. The van der Waals surface area contributed by atoms with E-state index in [4.69, 9.17) is 9.47 Å². The van der Waals surface area contributed by atoms with Crippen molar-refractivity contribution in [3.05, 3.63) is 28.6 Å². The van der Waals surface area contributed by atoms with Crippen molar-refractivity contribution in [3.63, 3.8) is 0 Å². The smallest absolute Gasteiger partial charge is 0.349 e. The van der Waals surface area contributed by atoms with Gasteiger partial charge in [0.1, 0.15) is 11.6 Å². The molecule has 0 unspecified atom stereocenters. The molecule has 8 heteroatoms. The van der Waals surface area contributed by atoms with E-state index in [2.05, 4.69) is 18.4 Å². The van der Waals surface area contributed by atoms with Crippen molar-refractivity contribution < 1.29 is 23.9 Å². The minimum atomic E-state index is -0.825. The molecule has 0 saturated carbocycles. The van der Waals surface area contributed by atoms with E-state index in [1.54, 1.807) is 4.90 Å². The molecule has 2 rings (SSSR count). The van der Waals surface area contributed by atoms with Gasteiger partial charge in [-0.05, 0) is 50.3 Å². The lowest BCUT2D eigenvalue weighted by Gasteiger charge is -2.30. The molecule has 31 heavy (non-hydrogen) atoms. The van der Waals surface area contributed by atoms with Gasteiger partial charge in [-0.1, -0.05) is 13.8 Å². The molecule has 1 aromatic heterocycles. The number of hydrogen-bond donors (Lipinski definition) is 0. The quantitative estimate of drug-likeness (QED) is 0.375. The average molecular weight is 430 g/mol. The maximum atomic E-state index is 12.4. The minimum absolute atomic E-state index is 0.151. The summed E-state index contributed by atoms with van der Waals surface area (Å²) in [6.07, 6.45) is 2.54. The Morgan fingerprint density at radius 2 is 1.90 bits per heavy atom. The van der Waals surface area contributed by atoms with Gasteiger partial charge in [0.05, 0.1) is 13.0 Å². The summed E-state index contributed by atoms with van der Waals surface area (Å²) in [7, 11) is 1.35. The normalized spacial score (nSPS) is 15.0. The van der Waals surface area contributed by atoms with Gasteiger partial charge in [-0.3, -0.25) is 9.59 Å². The highest BCUT2D eigenvalue weighted by molar-refractivity contribution is 5.99. The number of nitriles is 1. The number of likely N-dealkylation sites (tertiary alicyclic amines) is 1. The molecule has 2 heterocycles. The van der Waals surface area contributed by atoms with Crippen molar-refractivity contribution in [3.8, 4) is 6.07 Å². The maximum absolute atomic E-state index is 12.4. The highest BCUT2D eigenvalue weighted by Crippen LogP contribution is 2.21. The van der Waals surface area contributed by atoms with Crippen LogP contribution in [0.1, 0.15) is 43.6 Å². The number of piperidine rings is 1. The van der Waals surface area contributed by atoms with Crippen LogP contribution in [0.3, 0.4) is 0 Å². The van der Waals surface area contributed by atoms with Gasteiger partial charge >= 0.3 is 11.9 Å². The van der Waals surface area contributed by atoms with Crippen molar-refractivity contribution in [1.82, 2.24) is 9.47 Å². The molecule has 0 spiro atoms. The number of nitrogens with zero attached hydrogens (tertiary/aromatic N) is 3. The van der Waals surface area contributed by atoms with Gasteiger partial charge in [0.2, 0.25) is 0 Å². The van der Waals surface area contributed by atoms with Gasteiger partial charge in [-0.25, -0.2) is 4.79 Å². The number of hydrogen-bond acceptors (Lipinski definition) is 6. The average Bonchev–Trinajstić information content (AvgIpc) is 3.01. The fourth-order valence-corrected chi connectivity index (χ4v) is 3.74. The van der Waals surface area contributed by atoms with Crippen molar-refractivity contribution in [1.29, 1.82) is 5.26 Å². The Kier molecular flexibility index (Phi) is 8.43. The van der Waals surface area contributed by atoms with E-state index >= 15 is 0 Å². The number of aromatic nitrogens is 1. The van der Waals surface area contributed by atoms with Crippen LogP contribution in [0, 0.1) is 37.0 Å². The second-order valence-corrected chi connectivity index (χ2v) is 8.26. The number of aryl methyl sites for hydroxylation is 1. The first-order valence-corrected chi connectivity index (χ1v) is 10.5. The molecular formula is C23H31N3O5. The Morgan fingerprint density at radius 1 is 1.26 bits per heavy atom. The molecule has 8 nitrogen and oxygen atoms in total. The van der Waals surface area contributed by atoms with Crippen LogP contribution in [0.2, 0.25) is 0 Å². The predicted octanol–water partition coefficient (Wildman–Crippen LogP) is 2.62. The molecule has 1 aliphatic rings. The first kappa shape index (κ1) is 24.2. The Hall–Kier alpha value is -3.08. The third-order valence-corrected chi connectivity index (χ3v) is 5.51. The molecule has 0 atom stereocenters. The summed E-state index contributed by atoms with van der Waals surface area (Å²) in [6, 6.07) is 3.81. The maximum Gasteiger partial charge on any atom is 0.349 e. The third kappa shape index (κ3) is 6.20. The van der Waals surface area contributed by atoms with Crippen LogP contribution in [-0.2, 0) is 30.4 Å². The van der Waals surface area contributed by atoms with E-state index in [-0.39, 0.29) is 23.4 Å². The minimum Gasteiger partial charge on any atom is -0.469 e. The first-order chi connectivity index (χ1) is 14.7. The van der Waals surface area contributed by atoms with Crippen LogP contribution in [0.4, 0.5) is 0 Å². The number of ether oxygens (including phenoxy) is 2. The number of rotatable bonds is 7. The molecule has 0 N–H and O–H groups in total. The van der Waals surface area contributed by atoms with Gasteiger partial charge in [-0.15, -0.1) is 0 Å². The molecule has 0 radical (unpaired) electrons. The summed E-state index contributed by atoms with van der Waals surface area (Å²) < 4.78 is 12.0. The molecule has 0 bridgehead atoms. The lowest BCUT2D eigenvalue weighted by Crippen LogP contribution is -2.42. The Balaban J connectivity index is 1.97. The second kappa shape index (κ2) is 10.8. The summed E-state index contributed by atoms with van der Waals surface area (Å²) >= 11 is 0. The van der Waals surface area contributed by atoms with Crippen LogP contribution in [0.25, 0.3) is 6.08 Å². The van der Waals surface area contributed by atoms with E-state index in [0.717, 1.165) is 23.5 Å². The molecule has 0 aliphatic carbocycles. The van der Waals surface area contributed by atoms with Gasteiger partial charge in [0.25, 0.3) is 5.91 Å². The largest absolute Gasteiger partial charge is 0.469 e. The SMILES string of the molecule is COC(=O)C1CCN(C(=O)COC(=O)/C(C#N)=C/c2cc(C)n(CC(C)C)c2C)CC1. The molecule has 1 saturated heterocycles. The summed E-state index contributed by atoms with van der Waals surface area (Å²) in [6.45, 7) is 9.40. The van der Waals surface area contributed by atoms with Crippen LogP contribution in [0.15, 0.2) is 11.6 Å². The molecule has 1 aromatic rings. The van der Waals surface area contributed by atoms with Crippen molar-refractivity contribution in [2.24, 2.45) is 11.8 Å². The first-order valence-electron chi connectivity index (χ1n) is 10.5. The second-order valence-electron chi connectivity index (χ2n) is 8.26. The number of esters is 2. The number of amides is 1. The number of carbonyl (C=O) groups excluding carboxylic acids is 3. The summed E-state index contributed by atoms with van der Waals surface area (Å²) in [5, 5.41) is 9.42. The van der Waals surface area contributed by atoms with Crippen LogP contribution >= 0.6 is 0 Å². The fraction of sp³-hybridized carbons (Fsp3) is 0.565. The summed E-state index contributed by atoms with van der Waals surface area (Å²) in [4.78, 5) is 37.9. The zero-order valence-electron chi connectivity index (χ0n) is 18.9. The molecule has 1 fully saturated rings. The Morgan fingerprint density at radius 3 is 2.45 bits per heavy atom. The van der Waals surface area contributed by atoms with Gasteiger partial charge in [0.15, 0.2) is 6.61 Å². The zero-order valence-corrected chi connectivity index (χ0v) is 18.9. The third-order valence-electron chi connectivity index (χ3n) is 5.51. The highest BCUT2D eigenvalue weighted by Gasteiger charge is 2.28. The van der Waals surface area contributed by atoms with E-state index < -0.39 is 12.6 Å². The predicted molar refractivity (Wildman–Crippen MR) is 115 cm³/mol. The van der Waals surface area contributed by atoms with E-state index in [0.29, 0.717) is 31.8 Å². The number of methoxy groups -OCH3 is 1. The van der Waals surface area contributed by atoms with E-state index in [1.165, 1.54) is 13.2 Å². The topological polar surface area (TPSA) is 102 Å². The Labute approximate surface area is 183 Å². The van der Waals surface area contributed by atoms with Gasteiger partial charge in [0, 0.05) is 31.0 Å². The van der Waals surface area contributed by atoms with Gasteiger partial charge in [-0.2, -0.15) is 5.26 Å². The number of carbonyl (C=O) groups is 3. The molecule has 1 aliphatic heterocycles. The van der Waals surface area contributed by atoms with Crippen molar-refractivity contribution in [2.45, 2.75) is 47.1 Å². The van der Waals surface area contributed by atoms with Crippen LogP contribution < -0.4 is 0 Å². The molecule has 168 valence electrons.